The Morgan fingerprint density at radius 3 is 2.61 bits per heavy atom. The molecular formula is C14H19N3O. The summed E-state index contributed by atoms with van der Waals surface area (Å²) >= 11 is 0. The molecule has 1 aromatic heterocycles. The molecule has 0 saturated carbocycles. The predicted molar refractivity (Wildman–Crippen MR) is 70.9 cm³/mol. The SMILES string of the molecule is Cc1cc(CN(CCN)Cc2ccccc2)on1. The highest BCUT2D eigenvalue weighted by atomic mass is 16.5. The van der Waals surface area contributed by atoms with Crippen molar-refractivity contribution in [3.8, 4) is 0 Å². The third-order valence-corrected chi connectivity index (χ3v) is 2.75. The minimum Gasteiger partial charge on any atom is -0.360 e. The van der Waals surface area contributed by atoms with Crippen LogP contribution < -0.4 is 5.73 Å². The number of benzene rings is 1. The van der Waals surface area contributed by atoms with Crippen molar-refractivity contribution in [3.05, 3.63) is 53.4 Å². The fraction of sp³-hybridized carbons (Fsp3) is 0.357. The van der Waals surface area contributed by atoms with Crippen LogP contribution in [0, 0.1) is 6.92 Å². The Hall–Kier alpha value is -1.65. The second-order valence-electron chi connectivity index (χ2n) is 4.42. The summed E-state index contributed by atoms with van der Waals surface area (Å²) in [6.07, 6.45) is 0. The number of hydrogen-bond donors (Lipinski definition) is 1. The van der Waals surface area contributed by atoms with Gasteiger partial charge in [-0.3, -0.25) is 4.90 Å². The molecule has 2 rings (SSSR count). The minimum absolute atomic E-state index is 0.639. The number of nitrogens with zero attached hydrogens (tertiary/aromatic N) is 2. The fourth-order valence-electron chi connectivity index (χ4n) is 1.95. The standard InChI is InChI=1S/C14H19N3O/c1-12-9-14(18-16-12)11-17(8-7-15)10-13-5-3-2-4-6-13/h2-6,9H,7-8,10-11,15H2,1H3. The van der Waals surface area contributed by atoms with Crippen molar-refractivity contribution >= 4 is 0 Å². The zero-order valence-corrected chi connectivity index (χ0v) is 10.7. The van der Waals surface area contributed by atoms with Gasteiger partial charge in [-0.25, -0.2) is 0 Å². The topological polar surface area (TPSA) is 55.3 Å². The van der Waals surface area contributed by atoms with E-state index >= 15 is 0 Å². The van der Waals surface area contributed by atoms with Crippen LogP contribution in [-0.4, -0.2) is 23.1 Å². The molecule has 0 bridgehead atoms. The molecule has 0 aliphatic heterocycles. The lowest BCUT2D eigenvalue weighted by atomic mass is 10.2. The number of rotatable bonds is 6. The maximum absolute atomic E-state index is 5.65. The third kappa shape index (κ3) is 3.68. The van der Waals surface area contributed by atoms with Crippen LogP contribution in [0.15, 0.2) is 40.9 Å². The molecular weight excluding hydrogens is 226 g/mol. The first-order chi connectivity index (χ1) is 8.78. The van der Waals surface area contributed by atoms with E-state index in [9.17, 15) is 0 Å². The fourth-order valence-corrected chi connectivity index (χ4v) is 1.95. The van der Waals surface area contributed by atoms with Gasteiger partial charge >= 0.3 is 0 Å². The van der Waals surface area contributed by atoms with Crippen LogP contribution >= 0.6 is 0 Å². The van der Waals surface area contributed by atoms with Crippen molar-refractivity contribution in [1.29, 1.82) is 0 Å². The van der Waals surface area contributed by atoms with Gasteiger partial charge in [0.15, 0.2) is 5.76 Å². The molecule has 4 nitrogen and oxygen atoms in total. The monoisotopic (exact) mass is 245 g/mol. The number of hydrogen-bond acceptors (Lipinski definition) is 4. The molecule has 96 valence electrons. The summed E-state index contributed by atoms with van der Waals surface area (Å²) in [5.74, 6) is 0.886. The lowest BCUT2D eigenvalue weighted by Gasteiger charge is -2.20. The Morgan fingerprint density at radius 1 is 1.22 bits per heavy atom. The first kappa shape index (κ1) is 12.8. The summed E-state index contributed by atoms with van der Waals surface area (Å²) in [4.78, 5) is 2.26. The normalized spacial score (nSPS) is 11.1. The van der Waals surface area contributed by atoms with E-state index in [1.54, 1.807) is 0 Å². The van der Waals surface area contributed by atoms with E-state index in [2.05, 4.69) is 34.3 Å². The Morgan fingerprint density at radius 2 is 2.00 bits per heavy atom. The van der Waals surface area contributed by atoms with Crippen molar-refractivity contribution in [3.63, 3.8) is 0 Å². The lowest BCUT2D eigenvalue weighted by molar-refractivity contribution is 0.228. The Balaban J connectivity index is 1.99. The molecule has 0 amide bonds. The Kier molecular flexibility index (Phi) is 4.50. The molecule has 0 atom stereocenters. The van der Waals surface area contributed by atoms with Gasteiger partial charge in [-0.2, -0.15) is 0 Å². The minimum atomic E-state index is 0.639. The molecule has 0 saturated heterocycles. The molecule has 1 heterocycles. The maximum atomic E-state index is 5.65. The lowest BCUT2D eigenvalue weighted by Crippen LogP contribution is -2.28. The van der Waals surface area contributed by atoms with E-state index in [0.29, 0.717) is 6.54 Å². The van der Waals surface area contributed by atoms with Crippen LogP contribution in [0.2, 0.25) is 0 Å². The van der Waals surface area contributed by atoms with Crippen LogP contribution in [0.4, 0.5) is 0 Å². The average Bonchev–Trinajstić information content (AvgIpc) is 2.76. The predicted octanol–water partition coefficient (Wildman–Crippen LogP) is 1.94. The van der Waals surface area contributed by atoms with Crippen LogP contribution in [0.5, 0.6) is 0 Å². The van der Waals surface area contributed by atoms with E-state index in [1.165, 1.54) is 5.56 Å². The highest BCUT2D eigenvalue weighted by molar-refractivity contribution is 5.14. The van der Waals surface area contributed by atoms with E-state index in [4.69, 9.17) is 10.3 Å². The van der Waals surface area contributed by atoms with Crippen molar-refractivity contribution in [2.75, 3.05) is 13.1 Å². The highest BCUT2D eigenvalue weighted by Crippen LogP contribution is 2.10. The summed E-state index contributed by atoms with van der Waals surface area (Å²) in [5.41, 5.74) is 7.85. The molecule has 0 spiro atoms. The van der Waals surface area contributed by atoms with Crippen LogP contribution in [0.3, 0.4) is 0 Å². The van der Waals surface area contributed by atoms with Crippen LogP contribution in [0.1, 0.15) is 17.0 Å². The summed E-state index contributed by atoms with van der Waals surface area (Å²) in [7, 11) is 0. The van der Waals surface area contributed by atoms with E-state index in [1.807, 2.05) is 19.1 Å². The molecule has 1 aromatic carbocycles. The van der Waals surface area contributed by atoms with Gasteiger partial charge in [0.05, 0.1) is 12.2 Å². The highest BCUT2D eigenvalue weighted by Gasteiger charge is 2.09. The third-order valence-electron chi connectivity index (χ3n) is 2.75. The molecule has 0 radical (unpaired) electrons. The van der Waals surface area contributed by atoms with Crippen LogP contribution in [0.25, 0.3) is 0 Å². The van der Waals surface area contributed by atoms with Crippen molar-refractivity contribution in [2.45, 2.75) is 20.0 Å². The van der Waals surface area contributed by atoms with Gasteiger partial charge in [0, 0.05) is 25.7 Å². The van der Waals surface area contributed by atoms with Gasteiger partial charge < -0.3 is 10.3 Å². The first-order valence-electron chi connectivity index (χ1n) is 6.16. The maximum Gasteiger partial charge on any atom is 0.150 e. The average molecular weight is 245 g/mol. The smallest absolute Gasteiger partial charge is 0.150 e. The van der Waals surface area contributed by atoms with E-state index < -0.39 is 0 Å². The van der Waals surface area contributed by atoms with E-state index in [-0.39, 0.29) is 0 Å². The summed E-state index contributed by atoms with van der Waals surface area (Å²) < 4.78 is 5.25. The second kappa shape index (κ2) is 6.33. The number of nitrogens with two attached hydrogens (primary N) is 1. The summed E-state index contributed by atoms with van der Waals surface area (Å²) in [5, 5.41) is 3.90. The van der Waals surface area contributed by atoms with Crippen molar-refractivity contribution < 1.29 is 4.52 Å². The molecule has 0 aliphatic carbocycles. The van der Waals surface area contributed by atoms with Gasteiger partial charge in [-0.15, -0.1) is 0 Å². The van der Waals surface area contributed by atoms with Gasteiger partial charge in [0.25, 0.3) is 0 Å². The molecule has 0 unspecified atom stereocenters. The second-order valence-corrected chi connectivity index (χ2v) is 4.42. The number of aromatic nitrogens is 1. The number of aryl methyl sites for hydroxylation is 1. The molecule has 0 aliphatic rings. The quantitative estimate of drug-likeness (QED) is 0.845. The molecule has 18 heavy (non-hydrogen) atoms. The molecule has 2 aromatic rings. The molecule has 4 heteroatoms. The Labute approximate surface area is 107 Å². The van der Waals surface area contributed by atoms with Gasteiger partial charge in [-0.05, 0) is 12.5 Å². The summed E-state index contributed by atoms with van der Waals surface area (Å²) in [6, 6.07) is 12.3. The van der Waals surface area contributed by atoms with E-state index in [0.717, 1.165) is 31.1 Å². The zero-order chi connectivity index (χ0) is 12.8. The molecule has 2 N–H and O–H groups in total. The van der Waals surface area contributed by atoms with Crippen molar-refractivity contribution in [1.82, 2.24) is 10.1 Å². The first-order valence-corrected chi connectivity index (χ1v) is 6.16. The molecule has 0 fully saturated rings. The Bertz CT molecular complexity index is 467. The largest absolute Gasteiger partial charge is 0.360 e. The van der Waals surface area contributed by atoms with Crippen LogP contribution in [-0.2, 0) is 13.1 Å². The summed E-state index contributed by atoms with van der Waals surface area (Å²) in [6.45, 7) is 5.02. The van der Waals surface area contributed by atoms with Gasteiger partial charge in [-0.1, -0.05) is 35.5 Å². The zero-order valence-electron chi connectivity index (χ0n) is 10.7. The van der Waals surface area contributed by atoms with Crippen molar-refractivity contribution in [2.24, 2.45) is 5.73 Å². The van der Waals surface area contributed by atoms with Gasteiger partial charge in [0.2, 0.25) is 0 Å². The van der Waals surface area contributed by atoms with Gasteiger partial charge in [0.1, 0.15) is 0 Å².